The lowest BCUT2D eigenvalue weighted by atomic mass is 9.97. The quantitative estimate of drug-likeness (QED) is 0.616. The number of hydrogen-bond acceptors (Lipinski definition) is 6. The molecule has 0 aliphatic carbocycles. The molecule has 4 heterocycles. The maximum Gasteiger partial charge on any atom is 0.170 e. The molecule has 1 aliphatic heterocycles. The largest absolute Gasteiger partial charge is 0.493 e. The number of ether oxygens (including phenoxy) is 1. The summed E-state index contributed by atoms with van der Waals surface area (Å²) in [6.45, 7) is 11.2. The van der Waals surface area contributed by atoms with Crippen molar-refractivity contribution in [1.82, 2.24) is 19.9 Å². The maximum atomic E-state index is 6.11. The number of likely N-dealkylation sites (tertiary alicyclic amines) is 1. The normalized spacial score (nSPS) is 19.1. The molecular weight excluding hydrogens is 368 g/mol. The second-order valence-corrected chi connectivity index (χ2v) is 9.10. The lowest BCUT2D eigenvalue weighted by Crippen LogP contribution is -2.39. The van der Waals surface area contributed by atoms with Crippen LogP contribution in [0.15, 0.2) is 24.3 Å². The summed E-state index contributed by atoms with van der Waals surface area (Å²) < 4.78 is 7.28. The van der Waals surface area contributed by atoms with Gasteiger partial charge in [-0.15, -0.1) is 11.3 Å². The van der Waals surface area contributed by atoms with E-state index in [9.17, 15) is 0 Å². The van der Waals surface area contributed by atoms with E-state index in [1.54, 1.807) is 11.3 Å². The van der Waals surface area contributed by atoms with E-state index in [0.29, 0.717) is 12.0 Å². The maximum absolute atomic E-state index is 6.11. The van der Waals surface area contributed by atoms with Gasteiger partial charge in [0.05, 0.1) is 22.0 Å². The molecule has 1 aliphatic rings. The highest BCUT2D eigenvalue weighted by Gasteiger charge is 2.26. The summed E-state index contributed by atoms with van der Waals surface area (Å²) in [4.78, 5) is 16.3. The van der Waals surface area contributed by atoms with Crippen LogP contribution in [0.25, 0.3) is 10.3 Å². The smallest absolute Gasteiger partial charge is 0.170 e. The molecule has 6 heteroatoms. The molecule has 0 bridgehead atoms. The SMILES string of the molecule is Cc1cc(OCC2CCCN([C@@H](C)c3ccc4sc(C)nc4n3)C2)cc(C)n1. The fraction of sp³-hybridized carbons (Fsp3) is 0.500. The van der Waals surface area contributed by atoms with Gasteiger partial charge in [0, 0.05) is 42.0 Å². The summed E-state index contributed by atoms with van der Waals surface area (Å²) in [6.07, 6.45) is 2.41. The van der Waals surface area contributed by atoms with Crippen molar-refractivity contribution in [2.24, 2.45) is 5.92 Å². The molecule has 3 aromatic heterocycles. The molecule has 0 amide bonds. The topological polar surface area (TPSA) is 51.1 Å². The Morgan fingerprint density at radius 1 is 1.14 bits per heavy atom. The highest BCUT2D eigenvalue weighted by molar-refractivity contribution is 7.18. The summed E-state index contributed by atoms with van der Waals surface area (Å²) in [7, 11) is 0. The van der Waals surface area contributed by atoms with Gasteiger partial charge in [-0.25, -0.2) is 9.97 Å². The Morgan fingerprint density at radius 3 is 2.71 bits per heavy atom. The van der Waals surface area contributed by atoms with E-state index in [-0.39, 0.29) is 0 Å². The number of piperidine rings is 1. The van der Waals surface area contributed by atoms with E-state index in [1.807, 2.05) is 32.9 Å². The monoisotopic (exact) mass is 396 g/mol. The summed E-state index contributed by atoms with van der Waals surface area (Å²) in [5, 5.41) is 1.07. The predicted molar refractivity (Wildman–Crippen MR) is 114 cm³/mol. The van der Waals surface area contributed by atoms with Crippen LogP contribution in [0.4, 0.5) is 0 Å². The number of nitrogens with zero attached hydrogens (tertiary/aromatic N) is 4. The van der Waals surface area contributed by atoms with Crippen LogP contribution < -0.4 is 4.74 Å². The van der Waals surface area contributed by atoms with Crippen molar-refractivity contribution in [2.75, 3.05) is 19.7 Å². The fourth-order valence-corrected chi connectivity index (χ4v) is 4.81. The van der Waals surface area contributed by atoms with Crippen LogP contribution in [0.3, 0.4) is 0 Å². The van der Waals surface area contributed by atoms with Gasteiger partial charge in [-0.2, -0.15) is 0 Å². The minimum absolute atomic E-state index is 0.291. The van der Waals surface area contributed by atoms with Gasteiger partial charge in [-0.3, -0.25) is 9.88 Å². The molecule has 1 fully saturated rings. The minimum atomic E-state index is 0.291. The number of hydrogen-bond donors (Lipinski definition) is 0. The Kier molecular flexibility index (Phi) is 5.60. The summed E-state index contributed by atoms with van der Waals surface area (Å²) in [5.41, 5.74) is 4.01. The molecule has 3 aromatic rings. The third-order valence-corrected chi connectivity index (χ3v) is 6.37. The second-order valence-electron chi connectivity index (χ2n) is 7.87. The lowest BCUT2D eigenvalue weighted by molar-refractivity contribution is 0.0993. The molecular formula is C22H28N4OS. The summed E-state index contributed by atoms with van der Waals surface area (Å²) in [6, 6.07) is 8.65. The molecule has 0 spiro atoms. The van der Waals surface area contributed by atoms with Crippen LogP contribution in [-0.4, -0.2) is 39.5 Å². The van der Waals surface area contributed by atoms with E-state index < -0.39 is 0 Å². The highest BCUT2D eigenvalue weighted by Crippen LogP contribution is 2.28. The van der Waals surface area contributed by atoms with E-state index in [0.717, 1.165) is 53.2 Å². The number of thiazole rings is 1. The molecule has 28 heavy (non-hydrogen) atoms. The molecule has 148 valence electrons. The molecule has 1 saturated heterocycles. The number of pyridine rings is 2. The summed E-state index contributed by atoms with van der Waals surface area (Å²) in [5.74, 6) is 1.47. The molecule has 0 aromatic carbocycles. The van der Waals surface area contributed by atoms with Gasteiger partial charge in [-0.05, 0) is 59.2 Å². The zero-order chi connectivity index (χ0) is 19.7. The Balaban J connectivity index is 1.40. The highest BCUT2D eigenvalue weighted by atomic mass is 32.1. The van der Waals surface area contributed by atoms with Crippen molar-refractivity contribution >= 4 is 21.7 Å². The standard InChI is InChI=1S/C22H28N4OS/c1-14-10-19(11-15(2)23-14)27-13-18-6-5-9-26(12-18)16(3)20-7-8-21-22(25-20)24-17(4)28-21/h7-8,10-11,16,18H,5-6,9,12-13H2,1-4H3/t16-,18?/m0/s1. The van der Waals surface area contributed by atoms with Crippen LogP contribution >= 0.6 is 11.3 Å². The van der Waals surface area contributed by atoms with Crippen molar-refractivity contribution in [2.45, 2.75) is 46.6 Å². The van der Waals surface area contributed by atoms with Gasteiger partial charge in [0.2, 0.25) is 0 Å². The Labute approximate surface area is 170 Å². The van der Waals surface area contributed by atoms with Gasteiger partial charge < -0.3 is 4.74 Å². The first-order chi connectivity index (χ1) is 13.5. The van der Waals surface area contributed by atoms with Crippen molar-refractivity contribution < 1.29 is 4.74 Å². The molecule has 0 radical (unpaired) electrons. The molecule has 0 saturated carbocycles. The molecule has 1 unspecified atom stereocenters. The number of aryl methyl sites for hydroxylation is 3. The van der Waals surface area contributed by atoms with Crippen LogP contribution in [0.1, 0.15) is 47.9 Å². The van der Waals surface area contributed by atoms with E-state index >= 15 is 0 Å². The van der Waals surface area contributed by atoms with E-state index in [4.69, 9.17) is 9.72 Å². The van der Waals surface area contributed by atoms with Crippen LogP contribution in [0.2, 0.25) is 0 Å². The Hall–Kier alpha value is -2.05. The Bertz CT molecular complexity index is 950. The van der Waals surface area contributed by atoms with E-state index in [2.05, 4.69) is 33.9 Å². The van der Waals surface area contributed by atoms with Crippen molar-refractivity contribution in [3.8, 4) is 5.75 Å². The lowest BCUT2D eigenvalue weighted by Gasteiger charge is -2.36. The molecule has 5 nitrogen and oxygen atoms in total. The first kappa shape index (κ1) is 19.3. The average molecular weight is 397 g/mol. The van der Waals surface area contributed by atoms with Crippen molar-refractivity contribution in [3.05, 3.63) is 46.4 Å². The first-order valence-electron chi connectivity index (χ1n) is 10.0. The third-order valence-electron chi connectivity index (χ3n) is 5.45. The van der Waals surface area contributed by atoms with Gasteiger partial charge in [0.15, 0.2) is 5.65 Å². The van der Waals surface area contributed by atoms with E-state index in [1.165, 1.54) is 17.5 Å². The van der Waals surface area contributed by atoms with Crippen molar-refractivity contribution in [3.63, 3.8) is 0 Å². The van der Waals surface area contributed by atoms with Gasteiger partial charge in [-0.1, -0.05) is 0 Å². The summed E-state index contributed by atoms with van der Waals surface area (Å²) >= 11 is 1.71. The molecule has 0 N–H and O–H groups in total. The number of rotatable bonds is 5. The van der Waals surface area contributed by atoms with Gasteiger partial charge >= 0.3 is 0 Å². The fourth-order valence-electron chi connectivity index (χ4n) is 4.04. The predicted octanol–water partition coefficient (Wildman–Crippen LogP) is 4.86. The average Bonchev–Trinajstić information content (AvgIpc) is 3.04. The first-order valence-corrected chi connectivity index (χ1v) is 10.9. The van der Waals surface area contributed by atoms with Crippen LogP contribution in [0.5, 0.6) is 5.75 Å². The second kappa shape index (κ2) is 8.13. The molecule has 2 atom stereocenters. The number of aromatic nitrogens is 3. The third kappa shape index (κ3) is 4.33. The minimum Gasteiger partial charge on any atom is -0.493 e. The Morgan fingerprint density at radius 2 is 1.93 bits per heavy atom. The van der Waals surface area contributed by atoms with Crippen LogP contribution in [-0.2, 0) is 0 Å². The van der Waals surface area contributed by atoms with Crippen LogP contribution in [0, 0.1) is 26.7 Å². The molecule has 4 rings (SSSR count). The van der Waals surface area contributed by atoms with Gasteiger partial charge in [0.25, 0.3) is 0 Å². The van der Waals surface area contributed by atoms with Crippen molar-refractivity contribution in [1.29, 1.82) is 0 Å². The zero-order valence-corrected chi connectivity index (χ0v) is 17.9. The van der Waals surface area contributed by atoms with Gasteiger partial charge in [0.1, 0.15) is 5.75 Å². The number of fused-ring (bicyclic) bond motifs is 1. The zero-order valence-electron chi connectivity index (χ0n) is 17.1.